The van der Waals surface area contributed by atoms with Crippen molar-refractivity contribution in [1.82, 2.24) is 9.78 Å². The molecule has 0 saturated heterocycles. The third-order valence-corrected chi connectivity index (χ3v) is 7.94. The summed E-state index contributed by atoms with van der Waals surface area (Å²) < 4.78 is 39.5. The predicted molar refractivity (Wildman–Crippen MR) is 131 cm³/mol. The number of hydrogen-bond acceptors (Lipinski definition) is 5. The molecule has 5 nitrogen and oxygen atoms in total. The van der Waals surface area contributed by atoms with Crippen LogP contribution in [0.15, 0.2) is 59.5 Å². The van der Waals surface area contributed by atoms with Crippen molar-refractivity contribution in [1.29, 1.82) is 0 Å². The van der Waals surface area contributed by atoms with Crippen LogP contribution in [0.25, 0.3) is 26.7 Å². The fraction of sp³-hybridized carbons (Fsp3) is 0.174. The van der Waals surface area contributed by atoms with Crippen LogP contribution >= 0.6 is 34.5 Å². The van der Waals surface area contributed by atoms with Gasteiger partial charge in [0.1, 0.15) is 27.8 Å². The number of rotatable bonds is 5. The van der Waals surface area contributed by atoms with E-state index in [1.54, 1.807) is 38.1 Å². The number of aromatic nitrogens is 2. The van der Waals surface area contributed by atoms with E-state index in [0.29, 0.717) is 10.6 Å². The van der Waals surface area contributed by atoms with Crippen LogP contribution in [0.5, 0.6) is 0 Å². The lowest BCUT2D eigenvalue weighted by molar-refractivity contribution is 0.0735. The third kappa shape index (κ3) is 4.58. The highest BCUT2D eigenvalue weighted by Crippen LogP contribution is 2.43. The van der Waals surface area contributed by atoms with Crippen molar-refractivity contribution in [3.63, 3.8) is 0 Å². The van der Waals surface area contributed by atoms with Crippen molar-refractivity contribution in [2.75, 3.05) is 6.26 Å². The van der Waals surface area contributed by atoms with Crippen LogP contribution in [-0.4, -0.2) is 29.6 Å². The summed E-state index contributed by atoms with van der Waals surface area (Å²) in [6.45, 7) is 3.11. The van der Waals surface area contributed by atoms with E-state index in [4.69, 9.17) is 23.2 Å². The monoisotopic (exact) mass is 524 g/mol. The first kappa shape index (κ1) is 23.9. The standard InChI is InChI=1S/C23H19Cl2FN2O3S2/c1-23(2,29)22-20(25)21(28(27-22)16-9-5-8-15(26)19(16)24)18-11-10-17(32-18)13-6-4-7-14(12-13)33(3,30)31/h4-12,29H,1-3H3. The molecule has 4 rings (SSSR count). The molecule has 33 heavy (non-hydrogen) atoms. The van der Waals surface area contributed by atoms with Crippen LogP contribution in [0.1, 0.15) is 19.5 Å². The Morgan fingerprint density at radius 3 is 2.36 bits per heavy atom. The van der Waals surface area contributed by atoms with Gasteiger partial charge in [-0.1, -0.05) is 41.4 Å². The fourth-order valence-electron chi connectivity index (χ4n) is 3.33. The molecule has 10 heteroatoms. The first-order chi connectivity index (χ1) is 15.4. The zero-order valence-corrected chi connectivity index (χ0v) is 20.9. The Labute approximate surface area is 205 Å². The highest BCUT2D eigenvalue weighted by molar-refractivity contribution is 7.90. The molecular weight excluding hydrogens is 506 g/mol. The lowest BCUT2D eigenvalue weighted by Crippen LogP contribution is -2.17. The highest BCUT2D eigenvalue weighted by Gasteiger charge is 2.30. The summed E-state index contributed by atoms with van der Waals surface area (Å²) in [6.07, 6.45) is 1.16. The van der Waals surface area contributed by atoms with Crippen molar-refractivity contribution >= 4 is 44.4 Å². The van der Waals surface area contributed by atoms with Crippen LogP contribution in [-0.2, 0) is 15.4 Å². The summed E-state index contributed by atoms with van der Waals surface area (Å²) in [5.74, 6) is -0.610. The molecule has 0 spiro atoms. The maximum atomic E-state index is 14.2. The van der Waals surface area contributed by atoms with Crippen LogP contribution in [0.3, 0.4) is 0 Å². The average molecular weight is 525 g/mol. The molecule has 2 heterocycles. The molecule has 0 saturated carbocycles. The van der Waals surface area contributed by atoms with Crippen molar-refractivity contribution < 1.29 is 17.9 Å². The van der Waals surface area contributed by atoms with Crippen molar-refractivity contribution in [3.8, 4) is 26.7 Å². The Hall–Kier alpha value is -2.23. The molecule has 2 aromatic heterocycles. The summed E-state index contributed by atoms with van der Waals surface area (Å²) >= 11 is 14.3. The van der Waals surface area contributed by atoms with Gasteiger partial charge in [0, 0.05) is 11.1 Å². The molecule has 0 fully saturated rings. The minimum Gasteiger partial charge on any atom is -0.384 e. The molecule has 1 N–H and O–H groups in total. The molecule has 2 aromatic carbocycles. The van der Waals surface area contributed by atoms with Gasteiger partial charge in [-0.25, -0.2) is 17.5 Å². The predicted octanol–water partition coefficient (Wildman–Crippen LogP) is 6.34. The van der Waals surface area contributed by atoms with Gasteiger partial charge in [-0.3, -0.25) is 0 Å². The molecule has 0 bridgehead atoms. The van der Waals surface area contributed by atoms with Crippen LogP contribution < -0.4 is 0 Å². The molecule has 172 valence electrons. The molecule has 0 aliphatic rings. The van der Waals surface area contributed by atoms with Crippen molar-refractivity contribution in [3.05, 3.63) is 76.2 Å². The number of thiophene rings is 1. The van der Waals surface area contributed by atoms with Gasteiger partial charge in [0.15, 0.2) is 9.84 Å². The van der Waals surface area contributed by atoms with Gasteiger partial charge in [0.05, 0.1) is 20.5 Å². The minimum atomic E-state index is -3.36. The minimum absolute atomic E-state index is 0.127. The van der Waals surface area contributed by atoms with E-state index in [0.717, 1.165) is 16.7 Å². The van der Waals surface area contributed by atoms with Gasteiger partial charge < -0.3 is 5.11 Å². The van der Waals surface area contributed by atoms with E-state index in [9.17, 15) is 17.9 Å². The van der Waals surface area contributed by atoms with Crippen LogP contribution in [0.2, 0.25) is 10.0 Å². The average Bonchev–Trinajstić information content (AvgIpc) is 3.34. The quantitative estimate of drug-likeness (QED) is 0.330. The molecule has 0 unspecified atom stereocenters. The zero-order valence-electron chi connectivity index (χ0n) is 17.8. The van der Waals surface area contributed by atoms with Gasteiger partial charge in [0.2, 0.25) is 0 Å². The summed E-state index contributed by atoms with van der Waals surface area (Å²) in [7, 11) is -3.36. The second-order valence-corrected chi connectivity index (χ2v) is 11.9. The van der Waals surface area contributed by atoms with Crippen LogP contribution in [0.4, 0.5) is 4.39 Å². The molecule has 0 amide bonds. The summed E-state index contributed by atoms with van der Waals surface area (Å²) in [5.41, 5.74) is 0.298. The Morgan fingerprint density at radius 2 is 1.70 bits per heavy atom. The Kier molecular flexibility index (Phi) is 6.18. The van der Waals surface area contributed by atoms with E-state index in [1.165, 1.54) is 28.2 Å². The van der Waals surface area contributed by atoms with Gasteiger partial charge in [-0.2, -0.15) is 5.10 Å². The molecule has 0 aliphatic carbocycles. The molecule has 4 aromatic rings. The van der Waals surface area contributed by atoms with Gasteiger partial charge in [-0.15, -0.1) is 11.3 Å². The maximum Gasteiger partial charge on any atom is 0.175 e. The SMILES string of the molecule is CC(C)(O)c1nn(-c2cccc(F)c2Cl)c(-c2ccc(-c3cccc(S(C)(=O)=O)c3)s2)c1Cl. The number of hydrogen-bond donors (Lipinski definition) is 1. The van der Waals surface area contributed by atoms with E-state index >= 15 is 0 Å². The van der Waals surface area contributed by atoms with E-state index < -0.39 is 21.3 Å². The molecular formula is C23H19Cl2FN2O3S2. The summed E-state index contributed by atoms with van der Waals surface area (Å²) in [5, 5.41) is 15.1. The number of halogens is 3. The summed E-state index contributed by atoms with van der Waals surface area (Å²) in [4.78, 5) is 1.70. The largest absolute Gasteiger partial charge is 0.384 e. The zero-order chi connectivity index (χ0) is 24.1. The molecule has 0 radical (unpaired) electrons. The first-order valence-electron chi connectivity index (χ1n) is 9.74. The number of aliphatic hydroxyl groups is 1. The van der Waals surface area contributed by atoms with E-state index in [2.05, 4.69) is 5.10 Å². The summed E-state index contributed by atoms with van der Waals surface area (Å²) in [6, 6.07) is 14.7. The second kappa shape index (κ2) is 8.52. The molecule has 0 atom stereocenters. The molecule has 0 aliphatic heterocycles. The van der Waals surface area contributed by atoms with Crippen molar-refractivity contribution in [2.45, 2.75) is 24.3 Å². The Bertz CT molecular complexity index is 1470. The maximum absolute atomic E-state index is 14.2. The smallest absolute Gasteiger partial charge is 0.175 e. The second-order valence-electron chi connectivity index (χ2n) is 8.02. The lowest BCUT2D eigenvalue weighted by Gasteiger charge is -2.14. The number of nitrogens with zero attached hydrogens (tertiary/aromatic N) is 2. The van der Waals surface area contributed by atoms with E-state index in [-0.39, 0.29) is 26.3 Å². The van der Waals surface area contributed by atoms with Crippen LogP contribution in [0, 0.1) is 5.82 Å². The van der Waals surface area contributed by atoms with Crippen molar-refractivity contribution in [2.24, 2.45) is 0 Å². The third-order valence-electron chi connectivity index (χ3n) is 4.95. The topological polar surface area (TPSA) is 72.2 Å². The van der Waals surface area contributed by atoms with Gasteiger partial charge in [0.25, 0.3) is 0 Å². The number of sulfone groups is 1. The number of benzene rings is 2. The first-order valence-corrected chi connectivity index (χ1v) is 13.2. The highest BCUT2D eigenvalue weighted by atomic mass is 35.5. The normalized spacial score (nSPS) is 12.3. The Balaban J connectivity index is 1.91. The lowest BCUT2D eigenvalue weighted by atomic mass is 10.1. The van der Waals surface area contributed by atoms with E-state index in [1.807, 2.05) is 18.2 Å². The van der Waals surface area contributed by atoms with Gasteiger partial charge >= 0.3 is 0 Å². The Morgan fingerprint density at radius 1 is 1.03 bits per heavy atom. The fourth-order valence-corrected chi connectivity index (χ4v) is 5.75. The van der Waals surface area contributed by atoms with Gasteiger partial charge in [-0.05, 0) is 55.8 Å².